The van der Waals surface area contributed by atoms with E-state index in [0.717, 1.165) is 30.9 Å². The van der Waals surface area contributed by atoms with Crippen LogP contribution in [-0.4, -0.2) is 35.1 Å². The number of methoxy groups -OCH3 is 1. The van der Waals surface area contributed by atoms with E-state index in [9.17, 15) is 0 Å². The predicted octanol–water partition coefficient (Wildman–Crippen LogP) is 2.41. The topological polar surface area (TPSA) is 12.5 Å². The zero-order valence-corrected chi connectivity index (χ0v) is 10.1. The van der Waals surface area contributed by atoms with Crippen LogP contribution in [-0.2, 0) is 4.74 Å². The van der Waals surface area contributed by atoms with Crippen LogP contribution >= 0.6 is 24.4 Å². The first-order valence-corrected chi connectivity index (χ1v) is 5.31. The minimum Gasteiger partial charge on any atom is -0.490 e. The van der Waals surface area contributed by atoms with Crippen LogP contribution in [0.25, 0.3) is 0 Å². The van der Waals surface area contributed by atoms with E-state index in [-0.39, 0.29) is 0 Å². The molecule has 76 valence electrons. The maximum absolute atomic E-state index is 5.25. The van der Waals surface area contributed by atoms with Gasteiger partial charge in [0.05, 0.1) is 12.1 Å². The van der Waals surface area contributed by atoms with Crippen molar-refractivity contribution in [2.24, 2.45) is 0 Å². The third kappa shape index (κ3) is 5.16. The summed E-state index contributed by atoms with van der Waals surface area (Å²) in [6.07, 6.45) is 1.57. The Morgan fingerprint density at radius 1 is 1.15 bits per heavy atom. The quantitative estimate of drug-likeness (QED) is 0.658. The summed E-state index contributed by atoms with van der Waals surface area (Å²) in [6, 6.07) is 0. The van der Waals surface area contributed by atoms with Gasteiger partial charge in [-0.05, 0) is 26.1 Å². The van der Waals surface area contributed by atoms with Crippen LogP contribution in [0.1, 0.15) is 26.7 Å². The molecule has 0 heterocycles. The van der Waals surface area contributed by atoms with Gasteiger partial charge in [0.2, 0.25) is 0 Å². The van der Waals surface area contributed by atoms with Crippen LogP contribution in [0, 0.1) is 0 Å². The Balaban J connectivity index is 3.79. The van der Waals surface area contributed by atoms with Gasteiger partial charge in [0.25, 0.3) is 0 Å². The minimum atomic E-state index is 0.634. The van der Waals surface area contributed by atoms with E-state index in [0.29, 0.717) is 5.05 Å². The van der Waals surface area contributed by atoms with Crippen LogP contribution in [0.15, 0.2) is 0 Å². The molecule has 0 radical (unpaired) electrons. The molecule has 0 saturated carbocycles. The summed E-state index contributed by atoms with van der Waals surface area (Å²) in [5, 5.41) is 0.634. The maximum atomic E-state index is 5.25. The predicted molar refractivity (Wildman–Crippen MR) is 64.4 cm³/mol. The highest BCUT2D eigenvalue weighted by atomic mass is 32.1. The largest absolute Gasteiger partial charge is 0.490 e. The molecule has 0 aliphatic rings. The van der Waals surface area contributed by atoms with Crippen LogP contribution in [0.2, 0.25) is 0 Å². The zero-order valence-electron chi connectivity index (χ0n) is 8.50. The molecule has 0 fully saturated rings. The molecule has 0 atom stereocenters. The highest BCUT2D eigenvalue weighted by molar-refractivity contribution is 7.80. The highest BCUT2D eigenvalue weighted by Crippen LogP contribution is 2.02. The van der Waals surface area contributed by atoms with Gasteiger partial charge in [-0.3, -0.25) is 0 Å². The van der Waals surface area contributed by atoms with Gasteiger partial charge in [0.1, 0.15) is 0 Å². The molecule has 0 aromatic heterocycles. The molecule has 0 amide bonds. The third-order valence-corrected chi connectivity index (χ3v) is 2.72. The van der Waals surface area contributed by atoms with Gasteiger partial charge in [0, 0.05) is 25.9 Å². The first-order chi connectivity index (χ1) is 6.15. The van der Waals surface area contributed by atoms with Crippen molar-refractivity contribution in [3.8, 4) is 0 Å². The van der Waals surface area contributed by atoms with Crippen molar-refractivity contribution < 1.29 is 4.74 Å². The monoisotopic (exact) mass is 219 g/mol. The molecular formula is C9H17NOS2. The molecule has 0 N–H and O–H groups in total. The molecule has 0 unspecified atom stereocenters. The maximum Gasteiger partial charge on any atom is 0.159 e. The smallest absolute Gasteiger partial charge is 0.159 e. The molecule has 0 bridgehead atoms. The second kappa shape index (κ2) is 7.21. The SMILES string of the molecule is CCN(CC)C(=S)CCC(=S)OC. The standard InChI is InChI=1S/C9H17NOS2/c1-4-10(5-2)8(12)6-7-9(13)11-3/h4-7H2,1-3H3. The van der Waals surface area contributed by atoms with Crippen molar-refractivity contribution in [3.63, 3.8) is 0 Å². The molecule has 4 heteroatoms. The first kappa shape index (κ1) is 12.8. The zero-order chi connectivity index (χ0) is 10.3. The van der Waals surface area contributed by atoms with Crippen LogP contribution in [0.4, 0.5) is 0 Å². The summed E-state index contributed by atoms with van der Waals surface area (Å²) < 4.78 is 4.90. The lowest BCUT2D eigenvalue weighted by Crippen LogP contribution is -2.29. The number of hydrogen-bond donors (Lipinski definition) is 0. The fourth-order valence-electron chi connectivity index (χ4n) is 1.05. The fraction of sp³-hybridized carbons (Fsp3) is 0.778. The van der Waals surface area contributed by atoms with Gasteiger partial charge in [-0.2, -0.15) is 0 Å². The lowest BCUT2D eigenvalue weighted by atomic mass is 10.3. The van der Waals surface area contributed by atoms with Gasteiger partial charge in [-0.15, -0.1) is 0 Å². The van der Waals surface area contributed by atoms with Gasteiger partial charge in [-0.25, -0.2) is 0 Å². The number of hydrogen-bond acceptors (Lipinski definition) is 3. The van der Waals surface area contributed by atoms with E-state index in [1.165, 1.54) is 0 Å². The van der Waals surface area contributed by atoms with E-state index in [1.54, 1.807) is 7.11 Å². The molecular weight excluding hydrogens is 202 g/mol. The third-order valence-electron chi connectivity index (χ3n) is 1.89. The van der Waals surface area contributed by atoms with Crippen molar-refractivity contribution in [1.29, 1.82) is 0 Å². The second-order valence-corrected chi connectivity index (χ2v) is 3.57. The van der Waals surface area contributed by atoms with Gasteiger partial charge >= 0.3 is 0 Å². The summed E-state index contributed by atoms with van der Waals surface area (Å²) >= 11 is 10.2. The second-order valence-electron chi connectivity index (χ2n) is 2.64. The fourth-order valence-corrected chi connectivity index (χ4v) is 1.51. The van der Waals surface area contributed by atoms with E-state index in [2.05, 4.69) is 18.7 Å². The average molecular weight is 219 g/mol. The van der Waals surface area contributed by atoms with Gasteiger partial charge in [-0.1, -0.05) is 12.2 Å². The van der Waals surface area contributed by atoms with Crippen LogP contribution < -0.4 is 0 Å². The van der Waals surface area contributed by atoms with E-state index in [1.807, 2.05) is 0 Å². The normalized spacial score (nSPS) is 9.46. The molecule has 0 aliphatic carbocycles. The Morgan fingerprint density at radius 3 is 2.08 bits per heavy atom. The molecule has 13 heavy (non-hydrogen) atoms. The minimum absolute atomic E-state index is 0.634. The molecule has 0 spiro atoms. The van der Waals surface area contributed by atoms with E-state index >= 15 is 0 Å². The van der Waals surface area contributed by atoms with E-state index in [4.69, 9.17) is 29.2 Å². The van der Waals surface area contributed by atoms with Crippen molar-refractivity contribution >= 4 is 34.5 Å². The van der Waals surface area contributed by atoms with Crippen molar-refractivity contribution in [1.82, 2.24) is 4.90 Å². The van der Waals surface area contributed by atoms with Crippen molar-refractivity contribution in [3.05, 3.63) is 0 Å². The molecule has 0 aromatic carbocycles. The first-order valence-electron chi connectivity index (χ1n) is 4.50. The number of nitrogens with zero attached hydrogens (tertiary/aromatic N) is 1. The summed E-state index contributed by atoms with van der Waals surface area (Å²) in [5.41, 5.74) is 0. The average Bonchev–Trinajstić information content (AvgIpc) is 2.16. The lowest BCUT2D eigenvalue weighted by molar-refractivity contribution is 0.401. The van der Waals surface area contributed by atoms with Crippen molar-refractivity contribution in [2.45, 2.75) is 26.7 Å². The lowest BCUT2D eigenvalue weighted by Gasteiger charge is -2.21. The van der Waals surface area contributed by atoms with Crippen LogP contribution in [0.5, 0.6) is 0 Å². The molecule has 0 rings (SSSR count). The van der Waals surface area contributed by atoms with Gasteiger partial charge < -0.3 is 9.64 Å². The summed E-state index contributed by atoms with van der Waals surface area (Å²) in [7, 11) is 1.60. The van der Waals surface area contributed by atoms with Crippen LogP contribution in [0.3, 0.4) is 0 Å². The Bertz CT molecular complexity index is 178. The summed E-state index contributed by atoms with van der Waals surface area (Å²) in [6.45, 7) is 6.14. The Hall–Kier alpha value is -0.220. The molecule has 0 aliphatic heterocycles. The molecule has 0 saturated heterocycles. The Morgan fingerprint density at radius 2 is 1.69 bits per heavy atom. The Kier molecular flexibility index (Phi) is 7.09. The summed E-state index contributed by atoms with van der Waals surface area (Å²) in [5.74, 6) is 0. The molecule has 0 aromatic rings. The van der Waals surface area contributed by atoms with Crippen molar-refractivity contribution in [2.75, 3.05) is 20.2 Å². The van der Waals surface area contributed by atoms with E-state index < -0.39 is 0 Å². The number of rotatable bonds is 5. The molecule has 2 nitrogen and oxygen atoms in total. The number of thiocarbonyl (C=S) groups is 2. The summed E-state index contributed by atoms with van der Waals surface area (Å²) in [4.78, 5) is 3.14. The Labute approximate surface area is 91.2 Å². The van der Waals surface area contributed by atoms with Gasteiger partial charge in [0.15, 0.2) is 5.05 Å². The number of ether oxygens (including phenoxy) is 1. The highest BCUT2D eigenvalue weighted by Gasteiger charge is 2.05.